The molecule has 0 saturated carbocycles. The fraction of sp³-hybridized carbons (Fsp3) is 0.448. The van der Waals surface area contributed by atoms with Gasteiger partial charge in [0.15, 0.2) is 0 Å². The Kier molecular flexibility index (Phi) is 6.41. The predicted molar refractivity (Wildman–Crippen MR) is 141 cm³/mol. The summed E-state index contributed by atoms with van der Waals surface area (Å²) >= 11 is 0. The van der Waals surface area contributed by atoms with Crippen LogP contribution in [0.4, 0.5) is 0 Å². The van der Waals surface area contributed by atoms with Crippen molar-refractivity contribution < 1.29 is 9.53 Å². The Labute approximate surface area is 208 Å². The summed E-state index contributed by atoms with van der Waals surface area (Å²) in [5, 5.41) is 0. The number of esters is 1. The van der Waals surface area contributed by atoms with E-state index < -0.39 is 0 Å². The zero-order chi connectivity index (χ0) is 24.7. The molecule has 6 heteroatoms. The number of nitrogens with zero attached hydrogens (tertiary/aromatic N) is 4. The maximum absolute atomic E-state index is 13.2. The first kappa shape index (κ1) is 23.6. The van der Waals surface area contributed by atoms with Gasteiger partial charge < -0.3 is 18.9 Å². The monoisotopic (exact) mass is 472 g/mol. The SMILES string of the molecule is C=C(c1c(C)c(C(=O)OC(C)C)cc2c(-c3ccnc4c3CCC4)ccn12)N1CCN(CC)CC1. The molecule has 35 heavy (non-hydrogen) atoms. The maximum Gasteiger partial charge on any atom is 0.338 e. The number of aryl methyl sites for hydroxylation is 1. The van der Waals surface area contributed by atoms with Gasteiger partial charge in [-0.25, -0.2) is 4.79 Å². The topological polar surface area (TPSA) is 50.1 Å². The van der Waals surface area contributed by atoms with E-state index in [4.69, 9.17) is 4.74 Å². The van der Waals surface area contributed by atoms with Gasteiger partial charge in [0.25, 0.3) is 0 Å². The molecule has 1 saturated heterocycles. The third-order valence-electron chi connectivity index (χ3n) is 7.52. The van der Waals surface area contributed by atoms with Crippen LogP contribution in [-0.2, 0) is 17.6 Å². The number of likely N-dealkylation sites (N-methyl/N-ethyl adjacent to an activating group) is 1. The molecule has 1 aliphatic heterocycles. The zero-order valence-electron chi connectivity index (χ0n) is 21.4. The highest BCUT2D eigenvalue weighted by Crippen LogP contribution is 2.37. The average Bonchev–Trinajstić information content (AvgIpc) is 3.50. The third-order valence-corrected chi connectivity index (χ3v) is 7.52. The highest BCUT2D eigenvalue weighted by atomic mass is 16.5. The van der Waals surface area contributed by atoms with E-state index >= 15 is 0 Å². The Morgan fingerprint density at radius 1 is 1.14 bits per heavy atom. The molecule has 4 heterocycles. The van der Waals surface area contributed by atoms with Crippen LogP contribution < -0.4 is 0 Å². The number of carbonyl (C=O) groups excluding carboxylic acids is 1. The van der Waals surface area contributed by atoms with Gasteiger partial charge in [-0.2, -0.15) is 0 Å². The molecule has 0 aromatic carbocycles. The number of rotatable bonds is 6. The van der Waals surface area contributed by atoms with E-state index in [-0.39, 0.29) is 12.1 Å². The van der Waals surface area contributed by atoms with Crippen LogP contribution in [-0.4, -0.2) is 64.0 Å². The van der Waals surface area contributed by atoms with Gasteiger partial charge in [0.05, 0.1) is 28.6 Å². The van der Waals surface area contributed by atoms with Crippen molar-refractivity contribution in [2.24, 2.45) is 0 Å². The lowest BCUT2D eigenvalue weighted by Crippen LogP contribution is -2.45. The minimum atomic E-state index is -0.281. The fourth-order valence-corrected chi connectivity index (χ4v) is 5.61. The minimum absolute atomic E-state index is 0.179. The summed E-state index contributed by atoms with van der Waals surface area (Å²) in [6, 6.07) is 6.29. The maximum atomic E-state index is 13.2. The smallest absolute Gasteiger partial charge is 0.338 e. The van der Waals surface area contributed by atoms with Gasteiger partial charge in [-0.3, -0.25) is 4.98 Å². The first-order chi connectivity index (χ1) is 16.9. The Hall–Kier alpha value is -3.12. The molecule has 0 atom stereocenters. The molecule has 1 aliphatic carbocycles. The lowest BCUT2D eigenvalue weighted by Gasteiger charge is -2.37. The largest absolute Gasteiger partial charge is 0.459 e. The number of ether oxygens (including phenoxy) is 1. The standard InChI is InChI=1S/C29H36N4O2/c1-6-31-14-16-32(17-15-31)21(5)28-20(4)25(29(34)35-19(2)3)18-27-24(11-13-33(27)28)22-10-12-30-26-9-7-8-23(22)26/h10-13,18-19H,5-9,14-17H2,1-4H3. The highest BCUT2D eigenvalue weighted by Gasteiger charge is 2.26. The van der Waals surface area contributed by atoms with Crippen LogP contribution in [0.25, 0.3) is 22.3 Å². The van der Waals surface area contributed by atoms with Gasteiger partial charge in [0.2, 0.25) is 0 Å². The summed E-state index contributed by atoms with van der Waals surface area (Å²) in [5.41, 5.74) is 9.37. The normalized spacial score (nSPS) is 16.2. The van der Waals surface area contributed by atoms with Crippen molar-refractivity contribution in [3.63, 3.8) is 0 Å². The van der Waals surface area contributed by atoms with Crippen LogP contribution in [0.3, 0.4) is 0 Å². The van der Waals surface area contributed by atoms with Crippen molar-refractivity contribution in [1.82, 2.24) is 19.2 Å². The summed E-state index contributed by atoms with van der Waals surface area (Å²) in [7, 11) is 0. The van der Waals surface area contributed by atoms with Crippen LogP contribution in [0.5, 0.6) is 0 Å². The van der Waals surface area contributed by atoms with Crippen molar-refractivity contribution >= 4 is 17.2 Å². The van der Waals surface area contributed by atoms with E-state index in [1.54, 1.807) is 0 Å². The second-order valence-electron chi connectivity index (χ2n) is 9.98. The van der Waals surface area contributed by atoms with Gasteiger partial charge in [0.1, 0.15) is 0 Å². The molecule has 0 N–H and O–H groups in total. The Bertz CT molecular complexity index is 1280. The van der Waals surface area contributed by atoms with Gasteiger partial charge in [-0.15, -0.1) is 0 Å². The number of piperazine rings is 1. The number of pyridine rings is 2. The molecule has 0 radical (unpaired) electrons. The molecule has 3 aromatic heterocycles. The Morgan fingerprint density at radius 3 is 2.63 bits per heavy atom. The van der Waals surface area contributed by atoms with Crippen LogP contribution in [0.2, 0.25) is 0 Å². The molecule has 0 amide bonds. The first-order valence-corrected chi connectivity index (χ1v) is 12.9. The van der Waals surface area contributed by atoms with E-state index in [0.717, 1.165) is 80.0 Å². The second-order valence-corrected chi connectivity index (χ2v) is 9.98. The van der Waals surface area contributed by atoms with E-state index in [9.17, 15) is 4.79 Å². The van der Waals surface area contributed by atoms with Crippen LogP contribution in [0.1, 0.15) is 60.1 Å². The van der Waals surface area contributed by atoms with Crippen molar-refractivity contribution in [2.45, 2.75) is 53.1 Å². The lowest BCUT2D eigenvalue weighted by molar-refractivity contribution is 0.0377. The summed E-state index contributed by atoms with van der Waals surface area (Å²) in [4.78, 5) is 22.7. The molecule has 5 rings (SSSR count). The molecule has 1 fully saturated rings. The van der Waals surface area contributed by atoms with E-state index in [2.05, 4.69) is 51.0 Å². The van der Waals surface area contributed by atoms with Gasteiger partial charge in [-0.1, -0.05) is 13.5 Å². The van der Waals surface area contributed by atoms with Crippen molar-refractivity contribution in [3.05, 3.63) is 65.2 Å². The van der Waals surface area contributed by atoms with Crippen LogP contribution >= 0.6 is 0 Å². The van der Waals surface area contributed by atoms with Crippen LogP contribution in [0.15, 0.2) is 37.2 Å². The van der Waals surface area contributed by atoms with Crippen molar-refractivity contribution in [2.75, 3.05) is 32.7 Å². The van der Waals surface area contributed by atoms with Crippen molar-refractivity contribution in [3.8, 4) is 11.1 Å². The molecule has 6 nitrogen and oxygen atoms in total. The number of fused-ring (bicyclic) bond motifs is 2. The van der Waals surface area contributed by atoms with Crippen molar-refractivity contribution in [1.29, 1.82) is 0 Å². The second kappa shape index (κ2) is 9.50. The van der Waals surface area contributed by atoms with E-state index in [1.165, 1.54) is 16.8 Å². The van der Waals surface area contributed by atoms with Gasteiger partial charge in [0, 0.05) is 49.8 Å². The summed E-state index contributed by atoms with van der Waals surface area (Å²) in [5.74, 6) is -0.281. The van der Waals surface area contributed by atoms with Gasteiger partial charge in [-0.05, 0) is 81.5 Å². The number of carbonyl (C=O) groups is 1. The minimum Gasteiger partial charge on any atom is -0.459 e. The third kappa shape index (κ3) is 4.25. The molecular formula is C29H36N4O2. The Balaban J connectivity index is 1.66. The summed E-state index contributed by atoms with van der Waals surface area (Å²) in [6.45, 7) is 17.5. The molecule has 0 spiro atoms. The molecule has 0 bridgehead atoms. The number of hydrogen-bond donors (Lipinski definition) is 0. The average molecular weight is 473 g/mol. The van der Waals surface area contributed by atoms with Crippen LogP contribution in [0, 0.1) is 6.92 Å². The summed E-state index contributed by atoms with van der Waals surface area (Å²) < 4.78 is 7.88. The van der Waals surface area contributed by atoms with E-state index in [1.807, 2.05) is 33.0 Å². The quantitative estimate of drug-likeness (QED) is 0.474. The first-order valence-electron chi connectivity index (χ1n) is 12.9. The highest BCUT2D eigenvalue weighted by molar-refractivity contribution is 5.97. The molecule has 3 aromatic rings. The molecule has 184 valence electrons. The molecule has 0 unspecified atom stereocenters. The predicted octanol–water partition coefficient (Wildman–Crippen LogP) is 4.97. The number of hydrogen-bond acceptors (Lipinski definition) is 5. The van der Waals surface area contributed by atoms with E-state index in [0.29, 0.717) is 5.56 Å². The zero-order valence-corrected chi connectivity index (χ0v) is 21.4. The number of aromatic nitrogens is 2. The Morgan fingerprint density at radius 2 is 1.91 bits per heavy atom. The fourth-order valence-electron chi connectivity index (χ4n) is 5.61. The summed E-state index contributed by atoms with van der Waals surface area (Å²) in [6.07, 6.45) is 7.08. The lowest BCUT2D eigenvalue weighted by atomic mass is 9.98. The molecule has 2 aliphatic rings. The molecular weight excluding hydrogens is 436 g/mol. The van der Waals surface area contributed by atoms with Gasteiger partial charge >= 0.3 is 5.97 Å².